The molecule has 0 saturated carbocycles. The molecule has 2 aromatic rings. The molecule has 17 heavy (non-hydrogen) atoms. The Morgan fingerprint density at radius 3 is 2.35 bits per heavy atom. The van der Waals surface area contributed by atoms with Crippen molar-refractivity contribution < 1.29 is 5.11 Å². The van der Waals surface area contributed by atoms with E-state index in [2.05, 4.69) is 39.9 Å². The van der Waals surface area contributed by atoms with E-state index in [0.29, 0.717) is 0 Å². The van der Waals surface area contributed by atoms with Gasteiger partial charge in [-0.15, -0.1) is 0 Å². The molecule has 0 heterocycles. The number of nitrogens with one attached hydrogen (secondary N) is 1. The zero-order valence-electron chi connectivity index (χ0n) is 9.47. The van der Waals surface area contributed by atoms with Gasteiger partial charge in [0.05, 0.1) is 0 Å². The van der Waals surface area contributed by atoms with Crippen molar-refractivity contribution in [1.29, 1.82) is 0 Å². The first-order chi connectivity index (χ1) is 8.16. The Balaban J connectivity index is 2.17. The van der Waals surface area contributed by atoms with E-state index >= 15 is 0 Å². The summed E-state index contributed by atoms with van der Waals surface area (Å²) in [5.41, 5.74) is 3.31. The van der Waals surface area contributed by atoms with Gasteiger partial charge in [-0.25, -0.2) is 0 Å². The van der Waals surface area contributed by atoms with Crippen molar-refractivity contribution in [2.45, 2.75) is 6.92 Å². The SMILES string of the molecule is Cc1ccccc1C(=[Se])Nc1ccc(O)cc1. The second-order valence-electron chi connectivity index (χ2n) is 3.82. The fourth-order valence-electron chi connectivity index (χ4n) is 1.57. The van der Waals surface area contributed by atoms with Crippen LogP contribution in [0, 0.1) is 6.92 Å². The number of rotatable bonds is 3. The van der Waals surface area contributed by atoms with Crippen molar-refractivity contribution in [2.75, 3.05) is 5.32 Å². The second kappa shape index (κ2) is 5.17. The molecule has 0 aliphatic rings. The molecule has 2 N–H and O–H groups in total. The van der Waals surface area contributed by atoms with Crippen LogP contribution in [0.25, 0.3) is 0 Å². The number of phenolic OH excluding ortho intramolecular Hbond substituents is 1. The molecule has 0 amide bonds. The number of hydrogen-bond acceptors (Lipinski definition) is 2. The Hall–Kier alpha value is -1.57. The zero-order valence-corrected chi connectivity index (χ0v) is 11.2. The molecule has 0 aliphatic carbocycles. The summed E-state index contributed by atoms with van der Waals surface area (Å²) in [6.07, 6.45) is 0. The van der Waals surface area contributed by atoms with Gasteiger partial charge in [-0.1, -0.05) is 0 Å². The molecule has 86 valence electrons. The molecule has 2 aromatic carbocycles. The number of benzene rings is 2. The Kier molecular flexibility index (Phi) is 3.62. The van der Waals surface area contributed by atoms with Crippen LogP contribution in [0.2, 0.25) is 0 Å². The first-order valence-electron chi connectivity index (χ1n) is 5.33. The fraction of sp³-hybridized carbons (Fsp3) is 0.0714. The maximum absolute atomic E-state index is 9.21. The predicted molar refractivity (Wildman–Crippen MR) is 72.8 cm³/mol. The molecule has 2 nitrogen and oxygen atoms in total. The molecule has 0 unspecified atom stereocenters. The Morgan fingerprint density at radius 2 is 1.71 bits per heavy atom. The molecule has 0 bridgehead atoms. The van der Waals surface area contributed by atoms with Gasteiger partial charge in [-0.05, 0) is 0 Å². The molecule has 3 heteroatoms. The summed E-state index contributed by atoms with van der Waals surface area (Å²) in [5, 5.41) is 12.5. The molecular formula is C14H13NOSe. The number of hydrogen-bond donors (Lipinski definition) is 2. The molecular weight excluding hydrogens is 277 g/mol. The van der Waals surface area contributed by atoms with Gasteiger partial charge in [0.2, 0.25) is 0 Å². The number of phenols is 1. The van der Waals surface area contributed by atoms with Crippen molar-refractivity contribution in [1.82, 2.24) is 0 Å². The van der Waals surface area contributed by atoms with Gasteiger partial charge in [0.15, 0.2) is 0 Å². The Bertz CT molecular complexity index is 534. The van der Waals surface area contributed by atoms with Gasteiger partial charge in [0.25, 0.3) is 0 Å². The molecule has 0 aromatic heterocycles. The van der Waals surface area contributed by atoms with Crippen molar-refractivity contribution in [3.8, 4) is 5.75 Å². The van der Waals surface area contributed by atoms with E-state index in [4.69, 9.17) is 0 Å². The van der Waals surface area contributed by atoms with Crippen LogP contribution in [0.15, 0.2) is 48.5 Å². The molecule has 0 atom stereocenters. The summed E-state index contributed by atoms with van der Waals surface area (Å²) in [6.45, 7) is 2.07. The Labute approximate surface area is 109 Å². The summed E-state index contributed by atoms with van der Waals surface area (Å²) in [5.74, 6) is 0.271. The summed E-state index contributed by atoms with van der Waals surface area (Å²) in [6, 6.07) is 15.2. The van der Waals surface area contributed by atoms with Gasteiger partial charge in [0.1, 0.15) is 0 Å². The van der Waals surface area contributed by atoms with Crippen molar-refractivity contribution in [3.63, 3.8) is 0 Å². The molecule has 0 aliphatic heterocycles. The van der Waals surface area contributed by atoms with Crippen LogP contribution >= 0.6 is 0 Å². The number of aromatic hydroxyl groups is 1. The number of aryl methyl sites for hydroxylation is 1. The van der Waals surface area contributed by atoms with Crippen LogP contribution in [0.4, 0.5) is 5.69 Å². The average Bonchev–Trinajstić information content (AvgIpc) is 2.32. The van der Waals surface area contributed by atoms with Gasteiger partial charge in [0, 0.05) is 0 Å². The van der Waals surface area contributed by atoms with Gasteiger partial charge in [-0.2, -0.15) is 0 Å². The molecule has 0 spiro atoms. The van der Waals surface area contributed by atoms with E-state index in [0.717, 1.165) is 15.8 Å². The summed E-state index contributed by atoms with van der Waals surface area (Å²) < 4.78 is 0.980. The van der Waals surface area contributed by atoms with Crippen molar-refractivity contribution in [2.24, 2.45) is 0 Å². The quantitative estimate of drug-likeness (QED) is 0.672. The molecule has 0 saturated heterocycles. The molecule has 0 fully saturated rings. The minimum absolute atomic E-state index is 0.271. The van der Waals surface area contributed by atoms with Gasteiger partial charge >= 0.3 is 109 Å². The third-order valence-corrected chi connectivity index (χ3v) is 3.19. The van der Waals surface area contributed by atoms with Crippen LogP contribution in [0.3, 0.4) is 0 Å². The van der Waals surface area contributed by atoms with Crippen LogP contribution in [-0.4, -0.2) is 25.2 Å². The topological polar surface area (TPSA) is 32.3 Å². The van der Waals surface area contributed by atoms with E-state index in [-0.39, 0.29) is 5.75 Å². The van der Waals surface area contributed by atoms with E-state index < -0.39 is 0 Å². The maximum atomic E-state index is 9.21. The molecule has 0 radical (unpaired) electrons. The fourth-order valence-corrected chi connectivity index (χ4v) is 2.30. The van der Waals surface area contributed by atoms with Crippen LogP contribution in [0.1, 0.15) is 11.1 Å². The summed E-state index contributed by atoms with van der Waals surface area (Å²) >= 11 is 3.04. The van der Waals surface area contributed by atoms with E-state index in [9.17, 15) is 5.11 Å². The van der Waals surface area contributed by atoms with E-state index in [1.807, 2.05) is 24.3 Å². The van der Waals surface area contributed by atoms with Crippen LogP contribution in [0.5, 0.6) is 5.75 Å². The van der Waals surface area contributed by atoms with Crippen LogP contribution in [-0.2, 0) is 0 Å². The third kappa shape index (κ3) is 2.96. The van der Waals surface area contributed by atoms with Crippen LogP contribution < -0.4 is 5.32 Å². The zero-order chi connectivity index (χ0) is 12.3. The van der Waals surface area contributed by atoms with Gasteiger partial charge in [-0.3, -0.25) is 0 Å². The molecule has 2 rings (SSSR count). The normalized spacial score (nSPS) is 9.94. The first-order valence-corrected chi connectivity index (χ1v) is 6.18. The Morgan fingerprint density at radius 1 is 1.06 bits per heavy atom. The summed E-state index contributed by atoms with van der Waals surface area (Å²) in [7, 11) is 0. The standard InChI is InChI=1S/C14H13NOSe/c1-10-4-2-3-5-13(10)14(17)15-11-6-8-12(16)9-7-11/h2-9,16H,1H3,(H,15,17). The third-order valence-electron chi connectivity index (χ3n) is 2.51. The van der Waals surface area contributed by atoms with Gasteiger partial charge < -0.3 is 0 Å². The van der Waals surface area contributed by atoms with E-state index in [1.165, 1.54) is 5.56 Å². The van der Waals surface area contributed by atoms with E-state index in [1.54, 1.807) is 12.1 Å². The number of anilines is 1. The minimum atomic E-state index is 0.271. The average molecular weight is 290 g/mol. The monoisotopic (exact) mass is 291 g/mol. The first kappa shape index (κ1) is 11.9. The summed E-state index contributed by atoms with van der Waals surface area (Å²) in [4.78, 5) is 0. The van der Waals surface area contributed by atoms with Crippen molar-refractivity contribution in [3.05, 3.63) is 59.7 Å². The predicted octanol–water partition coefficient (Wildman–Crippen LogP) is 2.46. The van der Waals surface area contributed by atoms with Crippen molar-refractivity contribution >= 4 is 25.8 Å². The second-order valence-corrected chi connectivity index (χ2v) is 4.67.